The van der Waals surface area contributed by atoms with Crippen molar-refractivity contribution in [3.05, 3.63) is 64.3 Å². The highest BCUT2D eigenvalue weighted by molar-refractivity contribution is 8.06. The molecule has 0 fully saturated rings. The number of fused-ring (bicyclic) bond motifs is 3. The maximum atomic E-state index is 11.0. The largest absolute Gasteiger partial charge is 0.457 e. The third-order valence-electron chi connectivity index (χ3n) is 4.64. The Morgan fingerprint density at radius 3 is 2.61 bits per heavy atom. The summed E-state index contributed by atoms with van der Waals surface area (Å²) in [4.78, 5) is 15.8. The number of benzene rings is 2. The van der Waals surface area contributed by atoms with Gasteiger partial charge in [0.05, 0.1) is 12.0 Å². The van der Waals surface area contributed by atoms with Crippen molar-refractivity contribution in [2.45, 2.75) is 27.3 Å². The third kappa shape index (κ3) is 3.43. The lowest BCUT2D eigenvalue weighted by molar-refractivity contribution is -0.140. The summed E-state index contributed by atoms with van der Waals surface area (Å²) in [6.45, 7) is 6.20. The standard InChI is InChI=1S/C22H20N2O3S/c1-4-24-20-7-5-16(12-22-26-9-10-28-22)11-18(20)19-13-17(6-8-21(19)24)14(2)23-27-15(3)25/h5-13H,4H2,1-3H3. The number of hydrogen-bond acceptors (Lipinski definition) is 5. The van der Waals surface area contributed by atoms with Gasteiger partial charge in [0.1, 0.15) is 0 Å². The topological polar surface area (TPSA) is 52.8 Å². The number of rotatable bonds is 4. The fourth-order valence-electron chi connectivity index (χ4n) is 3.38. The van der Waals surface area contributed by atoms with Crippen LogP contribution in [-0.4, -0.2) is 16.2 Å². The van der Waals surface area contributed by atoms with E-state index in [4.69, 9.17) is 9.57 Å². The van der Waals surface area contributed by atoms with Gasteiger partial charge in [-0.25, -0.2) is 4.79 Å². The Bertz CT molecular complexity index is 1160. The molecule has 1 aromatic heterocycles. The van der Waals surface area contributed by atoms with Crippen molar-refractivity contribution in [2.75, 3.05) is 0 Å². The summed E-state index contributed by atoms with van der Waals surface area (Å²) >= 11 is 1.57. The van der Waals surface area contributed by atoms with Crippen molar-refractivity contribution in [1.82, 2.24) is 4.57 Å². The van der Waals surface area contributed by atoms with Gasteiger partial charge in [-0.05, 0) is 55.3 Å². The first-order valence-corrected chi connectivity index (χ1v) is 9.93. The first-order chi connectivity index (χ1) is 13.6. The molecule has 0 atom stereocenters. The van der Waals surface area contributed by atoms with Crippen LogP contribution in [0.5, 0.6) is 0 Å². The van der Waals surface area contributed by atoms with Crippen LogP contribution in [0.25, 0.3) is 27.9 Å². The predicted octanol–water partition coefficient (Wildman–Crippen LogP) is 5.63. The fraction of sp³-hybridized carbons (Fsp3) is 0.182. The monoisotopic (exact) mass is 392 g/mol. The molecule has 0 unspecified atom stereocenters. The van der Waals surface area contributed by atoms with Crippen LogP contribution in [-0.2, 0) is 20.9 Å². The fourth-order valence-corrected chi connectivity index (χ4v) is 3.94. The summed E-state index contributed by atoms with van der Waals surface area (Å²) in [5.74, 6) is -0.429. The number of aryl methyl sites for hydroxylation is 1. The molecular weight excluding hydrogens is 372 g/mol. The van der Waals surface area contributed by atoms with E-state index in [1.807, 2.05) is 24.5 Å². The number of ether oxygens (including phenoxy) is 1. The molecule has 0 N–H and O–H groups in total. The zero-order chi connectivity index (χ0) is 19.7. The van der Waals surface area contributed by atoms with Gasteiger partial charge in [-0.2, -0.15) is 0 Å². The van der Waals surface area contributed by atoms with E-state index in [0.29, 0.717) is 5.71 Å². The molecule has 1 aliphatic heterocycles. The number of hydrogen-bond donors (Lipinski definition) is 0. The molecule has 0 radical (unpaired) electrons. The Morgan fingerprint density at radius 2 is 1.93 bits per heavy atom. The number of carbonyl (C=O) groups excluding carboxylic acids is 1. The van der Waals surface area contributed by atoms with Crippen LogP contribution < -0.4 is 0 Å². The number of aromatic nitrogens is 1. The van der Waals surface area contributed by atoms with Gasteiger partial charge in [-0.15, -0.1) is 0 Å². The molecule has 5 nitrogen and oxygen atoms in total. The van der Waals surface area contributed by atoms with Gasteiger partial charge in [0.15, 0.2) is 5.09 Å². The van der Waals surface area contributed by atoms with Crippen molar-refractivity contribution in [3.8, 4) is 0 Å². The summed E-state index contributed by atoms with van der Waals surface area (Å²) in [6, 6.07) is 12.6. The molecule has 0 saturated carbocycles. The molecule has 2 aromatic carbocycles. The maximum Gasteiger partial charge on any atom is 0.331 e. The Kier molecular flexibility index (Phi) is 4.96. The zero-order valence-corrected chi connectivity index (χ0v) is 16.7. The number of oxime groups is 1. The molecule has 142 valence electrons. The van der Waals surface area contributed by atoms with Gasteiger partial charge < -0.3 is 14.1 Å². The molecule has 1 aliphatic rings. The number of nitrogens with zero attached hydrogens (tertiary/aromatic N) is 2. The highest BCUT2D eigenvalue weighted by Gasteiger charge is 2.12. The molecule has 2 heterocycles. The summed E-state index contributed by atoms with van der Waals surface area (Å²) < 4.78 is 7.76. The second-order valence-electron chi connectivity index (χ2n) is 6.48. The van der Waals surface area contributed by atoms with Crippen LogP contribution in [0.2, 0.25) is 0 Å². The highest BCUT2D eigenvalue weighted by atomic mass is 32.2. The van der Waals surface area contributed by atoms with Crippen LogP contribution in [0, 0.1) is 0 Å². The van der Waals surface area contributed by atoms with Crippen LogP contribution in [0.15, 0.2) is 58.3 Å². The van der Waals surface area contributed by atoms with Crippen LogP contribution in [0.3, 0.4) is 0 Å². The van der Waals surface area contributed by atoms with E-state index >= 15 is 0 Å². The summed E-state index contributed by atoms with van der Waals surface area (Å²) in [6.07, 6.45) is 3.73. The van der Waals surface area contributed by atoms with E-state index in [9.17, 15) is 4.79 Å². The number of thioether (sulfide) groups is 1. The van der Waals surface area contributed by atoms with E-state index in [2.05, 4.69) is 47.0 Å². The molecule has 0 aliphatic carbocycles. The van der Waals surface area contributed by atoms with E-state index in [-0.39, 0.29) is 0 Å². The second-order valence-corrected chi connectivity index (χ2v) is 7.39. The lowest BCUT2D eigenvalue weighted by Crippen LogP contribution is -1.99. The molecule has 6 heteroatoms. The molecule has 0 bridgehead atoms. The lowest BCUT2D eigenvalue weighted by atomic mass is 10.1. The van der Waals surface area contributed by atoms with E-state index in [0.717, 1.165) is 28.1 Å². The van der Waals surface area contributed by atoms with Gasteiger partial charge in [0.2, 0.25) is 0 Å². The average Bonchev–Trinajstić information content (AvgIpc) is 3.31. The predicted molar refractivity (Wildman–Crippen MR) is 115 cm³/mol. The van der Waals surface area contributed by atoms with Crippen molar-refractivity contribution < 1.29 is 14.4 Å². The Labute approximate surface area is 167 Å². The highest BCUT2D eigenvalue weighted by Crippen LogP contribution is 2.33. The average molecular weight is 392 g/mol. The number of carbonyl (C=O) groups is 1. The minimum Gasteiger partial charge on any atom is -0.457 e. The van der Waals surface area contributed by atoms with E-state index < -0.39 is 5.97 Å². The van der Waals surface area contributed by atoms with Gasteiger partial charge in [0.25, 0.3) is 0 Å². The molecule has 0 amide bonds. The van der Waals surface area contributed by atoms with Gasteiger partial charge >= 0.3 is 5.97 Å². The first-order valence-electron chi connectivity index (χ1n) is 9.05. The van der Waals surface area contributed by atoms with Gasteiger partial charge in [-0.3, -0.25) is 0 Å². The minimum absolute atomic E-state index is 0.429. The maximum absolute atomic E-state index is 11.0. The molecule has 0 saturated heterocycles. The lowest BCUT2D eigenvalue weighted by Gasteiger charge is -2.04. The SMILES string of the molecule is CCn1c2ccc(C=C3OC=CS3)cc2c2cc(C(C)=NOC(C)=O)ccc21. The molecule has 0 spiro atoms. The molecule has 4 rings (SSSR count). The smallest absolute Gasteiger partial charge is 0.331 e. The minimum atomic E-state index is -0.429. The summed E-state index contributed by atoms with van der Waals surface area (Å²) in [5, 5.41) is 9.02. The Hall–Kier alpha value is -2.99. The second kappa shape index (κ2) is 7.56. The molecule has 28 heavy (non-hydrogen) atoms. The van der Waals surface area contributed by atoms with Crippen molar-refractivity contribution in [1.29, 1.82) is 0 Å². The molecular formula is C22H20N2O3S. The van der Waals surface area contributed by atoms with Crippen molar-refractivity contribution in [2.24, 2.45) is 5.16 Å². The van der Waals surface area contributed by atoms with Crippen molar-refractivity contribution >= 4 is 51.3 Å². The first kappa shape index (κ1) is 18.4. The Balaban J connectivity index is 1.86. The summed E-state index contributed by atoms with van der Waals surface area (Å²) in [7, 11) is 0. The van der Waals surface area contributed by atoms with Gasteiger partial charge in [0, 0.05) is 40.7 Å². The van der Waals surface area contributed by atoms with Crippen LogP contribution in [0.4, 0.5) is 0 Å². The zero-order valence-electron chi connectivity index (χ0n) is 15.9. The molecule has 3 aromatic rings. The normalized spacial score (nSPS) is 15.5. The van der Waals surface area contributed by atoms with E-state index in [1.165, 1.54) is 23.3 Å². The van der Waals surface area contributed by atoms with Crippen LogP contribution >= 0.6 is 11.8 Å². The van der Waals surface area contributed by atoms with Crippen LogP contribution in [0.1, 0.15) is 31.9 Å². The Morgan fingerprint density at radius 1 is 1.18 bits per heavy atom. The quantitative estimate of drug-likeness (QED) is 0.328. The third-order valence-corrected chi connectivity index (χ3v) is 5.34. The van der Waals surface area contributed by atoms with Gasteiger partial charge in [-0.1, -0.05) is 29.1 Å². The van der Waals surface area contributed by atoms with E-state index in [1.54, 1.807) is 18.0 Å². The summed E-state index contributed by atoms with van der Waals surface area (Å²) in [5.41, 5.74) is 5.02. The van der Waals surface area contributed by atoms with Crippen molar-refractivity contribution in [3.63, 3.8) is 0 Å².